The molecule has 1 rings (SSSR count). The molecule has 0 saturated carbocycles. The maximum absolute atomic E-state index is 11.5. The molecule has 0 fully saturated rings. The van der Waals surface area contributed by atoms with E-state index in [0.717, 1.165) is 5.75 Å². The van der Waals surface area contributed by atoms with Gasteiger partial charge >= 0.3 is 5.97 Å². The zero-order chi connectivity index (χ0) is 15.1. The Labute approximate surface area is 125 Å². The molecule has 0 aliphatic rings. The number of carbonyl (C=O) groups excluding carboxylic acids is 1. The monoisotopic (exact) mass is 298 g/mol. The van der Waals surface area contributed by atoms with Gasteiger partial charge in [-0.2, -0.15) is 12.6 Å². The first kappa shape index (κ1) is 16.7. The van der Waals surface area contributed by atoms with Crippen LogP contribution in [0.2, 0.25) is 0 Å². The van der Waals surface area contributed by atoms with E-state index in [1.807, 2.05) is 0 Å². The SMILES string of the molecule is COC(=O)c1ccc(OCC(CS)C(C)C)c(OC)c1. The topological polar surface area (TPSA) is 44.8 Å². The molecule has 1 aromatic carbocycles. The molecule has 0 heterocycles. The highest BCUT2D eigenvalue weighted by Gasteiger charge is 2.15. The molecule has 0 radical (unpaired) electrons. The summed E-state index contributed by atoms with van der Waals surface area (Å²) in [5, 5.41) is 0. The quantitative estimate of drug-likeness (QED) is 0.621. The van der Waals surface area contributed by atoms with E-state index in [4.69, 9.17) is 9.47 Å². The van der Waals surface area contributed by atoms with Crippen molar-refractivity contribution >= 4 is 18.6 Å². The molecule has 20 heavy (non-hydrogen) atoms. The molecule has 1 unspecified atom stereocenters. The van der Waals surface area contributed by atoms with Crippen LogP contribution in [0.15, 0.2) is 18.2 Å². The third kappa shape index (κ3) is 4.34. The Bertz CT molecular complexity index is 445. The van der Waals surface area contributed by atoms with Gasteiger partial charge in [-0.25, -0.2) is 4.79 Å². The van der Waals surface area contributed by atoms with E-state index in [9.17, 15) is 4.79 Å². The zero-order valence-corrected chi connectivity index (χ0v) is 13.3. The average Bonchev–Trinajstić information content (AvgIpc) is 2.46. The summed E-state index contributed by atoms with van der Waals surface area (Å²) in [6.07, 6.45) is 0. The summed E-state index contributed by atoms with van der Waals surface area (Å²) in [5.41, 5.74) is 0.436. The van der Waals surface area contributed by atoms with Gasteiger partial charge in [-0.1, -0.05) is 13.8 Å². The summed E-state index contributed by atoms with van der Waals surface area (Å²) in [7, 11) is 2.89. The largest absolute Gasteiger partial charge is 0.493 e. The highest BCUT2D eigenvalue weighted by atomic mass is 32.1. The van der Waals surface area contributed by atoms with Gasteiger partial charge in [0.25, 0.3) is 0 Å². The van der Waals surface area contributed by atoms with Crippen LogP contribution in [0.4, 0.5) is 0 Å². The van der Waals surface area contributed by atoms with Crippen molar-refractivity contribution in [3.8, 4) is 11.5 Å². The van der Waals surface area contributed by atoms with Crippen LogP contribution in [0.1, 0.15) is 24.2 Å². The smallest absolute Gasteiger partial charge is 0.337 e. The predicted octanol–water partition coefficient (Wildman–Crippen LogP) is 3.06. The van der Waals surface area contributed by atoms with Crippen molar-refractivity contribution in [1.29, 1.82) is 0 Å². The molecular formula is C15H22O4S. The van der Waals surface area contributed by atoms with Gasteiger partial charge in [-0.05, 0) is 29.9 Å². The van der Waals surface area contributed by atoms with Gasteiger partial charge in [0, 0.05) is 5.92 Å². The Morgan fingerprint density at radius 3 is 2.45 bits per heavy atom. The second kappa shape index (κ2) is 8.04. The minimum atomic E-state index is -0.398. The molecule has 5 heteroatoms. The number of hydrogen-bond acceptors (Lipinski definition) is 5. The van der Waals surface area contributed by atoms with Crippen molar-refractivity contribution in [2.75, 3.05) is 26.6 Å². The van der Waals surface area contributed by atoms with E-state index < -0.39 is 5.97 Å². The van der Waals surface area contributed by atoms with E-state index in [1.165, 1.54) is 7.11 Å². The lowest BCUT2D eigenvalue weighted by atomic mass is 9.99. The van der Waals surface area contributed by atoms with Gasteiger partial charge in [-0.15, -0.1) is 0 Å². The van der Waals surface area contributed by atoms with Crippen molar-refractivity contribution < 1.29 is 19.0 Å². The standard InChI is InChI=1S/C15H22O4S/c1-10(2)12(9-20)8-19-13-6-5-11(15(16)18-4)7-14(13)17-3/h5-7,10,12,20H,8-9H2,1-4H3. The van der Waals surface area contributed by atoms with Crippen molar-refractivity contribution in [3.63, 3.8) is 0 Å². The number of hydrogen-bond donors (Lipinski definition) is 1. The van der Waals surface area contributed by atoms with Crippen LogP contribution in [0.5, 0.6) is 11.5 Å². The molecular weight excluding hydrogens is 276 g/mol. The van der Waals surface area contributed by atoms with Crippen molar-refractivity contribution in [1.82, 2.24) is 0 Å². The van der Waals surface area contributed by atoms with E-state index in [1.54, 1.807) is 25.3 Å². The van der Waals surface area contributed by atoms with Crippen LogP contribution in [-0.2, 0) is 4.74 Å². The summed E-state index contributed by atoms with van der Waals surface area (Å²) < 4.78 is 15.7. The number of rotatable bonds is 7. The highest BCUT2D eigenvalue weighted by Crippen LogP contribution is 2.29. The summed E-state index contributed by atoms with van der Waals surface area (Å²) in [5.74, 6) is 2.36. The lowest BCUT2D eigenvalue weighted by Crippen LogP contribution is -2.19. The first-order valence-corrected chi connectivity index (χ1v) is 7.16. The van der Waals surface area contributed by atoms with Crippen molar-refractivity contribution in [2.45, 2.75) is 13.8 Å². The maximum Gasteiger partial charge on any atom is 0.337 e. The van der Waals surface area contributed by atoms with Gasteiger partial charge < -0.3 is 14.2 Å². The van der Waals surface area contributed by atoms with E-state index in [-0.39, 0.29) is 0 Å². The fourth-order valence-electron chi connectivity index (χ4n) is 1.68. The number of esters is 1. The number of benzene rings is 1. The number of ether oxygens (including phenoxy) is 3. The van der Waals surface area contributed by atoms with E-state index in [2.05, 4.69) is 31.2 Å². The Balaban J connectivity index is 2.82. The lowest BCUT2D eigenvalue weighted by Gasteiger charge is -2.20. The molecule has 0 N–H and O–H groups in total. The molecule has 0 aromatic heterocycles. The van der Waals surface area contributed by atoms with Crippen LogP contribution < -0.4 is 9.47 Å². The van der Waals surface area contributed by atoms with E-state index >= 15 is 0 Å². The predicted molar refractivity (Wildman–Crippen MR) is 82.0 cm³/mol. The van der Waals surface area contributed by atoms with Crippen LogP contribution in [0.3, 0.4) is 0 Å². The first-order valence-electron chi connectivity index (χ1n) is 6.53. The molecule has 0 spiro atoms. The molecule has 1 aromatic rings. The molecule has 112 valence electrons. The van der Waals surface area contributed by atoms with Gasteiger partial charge in [-0.3, -0.25) is 0 Å². The Kier molecular flexibility index (Phi) is 6.71. The first-order chi connectivity index (χ1) is 9.53. The van der Waals surface area contributed by atoms with Crippen LogP contribution in [0.25, 0.3) is 0 Å². The Morgan fingerprint density at radius 2 is 1.95 bits per heavy atom. The van der Waals surface area contributed by atoms with Gasteiger partial charge in [0.05, 0.1) is 26.4 Å². The maximum atomic E-state index is 11.5. The van der Waals surface area contributed by atoms with E-state index in [0.29, 0.717) is 35.5 Å². The molecule has 0 saturated heterocycles. The van der Waals surface area contributed by atoms with Gasteiger partial charge in [0.1, 0.15) is 0 Å². The summed E-state index contributed by atoms with van der Waals surface area (Å²) in [6, 6.07) is 5.00. The number of carbonyl (C=O) groups is 1. The molecule has 0 bridgehead atoms. The minimum absolute atomic E-state index is 0.364. The second-order valence-electron chi connectivity index (χ2n) is 4.85. The summed E-state index contributed by atoms with van der Waals surface area (Å²) in [6.45, 7) is 4.85. The molecule has 0 amide bonds. The second-order valence-corrected chi connectivity index (χ2v) is 5.22. The number of thiol groups is 1. The zero-order valence-electron chi connectivity index (χ0n) is 12.4. The fourth-order valence-corrected chi connectivity index (χ4v) is 2.21. The highest BCUT2D eigenvalue weighted by molar-refractivity contribution is 7.80. The summed E-state index contributed by atoms with van der Waals surface area (Å²) >= 11 is 4.33. The van der Waals surface area contributed by atoms with Crippen LogP contribution in [0, 0.1) is 11.8 Å². The van der Waals surface area contributed by atoms with Crippen molar-refractivity contribution in [2.24, 2.45) is 11.8 Å². The van der Waals surface area contributed by atoms with Gasteiger partial charge in [0.2, 0.25) is 0 Å². The van der Waals surface area contributed by atoms with Crippen molar-refractivity contribution in [3.05, 3.63) is 23.8 Å². The molecule has 0 aliphatic heterocycles. The van der Waals surface area contributed by atoms with Crippen LogP contribution in [-0.4, -0.2) is 32.5 Å². The number of methoxy groups -OCH3 is 2. The molecule has 4 nitrogen and oxygen atoms in total. The lowest BCUT2D eigenvalue weighted by molar-refractivity contribution is 0.0600. The Morgan fingerprint density at radius 1 is 1.25 bits per heavy atom. The van der Waals surface area contributed by atoms with Gasteiger partial charge in [0.15, 0.2) is 11.5 Å². The minimum Gasteiger partial charge on any atom is -0.493 e. The molecule has 0 aliphatic carbocycles. The third-order valence-electron chi connectivity index (χ3n) is 3.21. The molecule has 1 atom stereocenters. The fraction of sp³-hybridized carbons (Fsp3) is 0.533. The third-order valence-corrected chi connectivity index (χ3v) is 3.68. The average molecular weight is 298 g/mol. The Hall–Kier alpha value is -1.36. The summed E-state index contributed by atoms with van der Waals surface area (Å²) in [4.78, 5) is 11.5. The van der Waals surface area contributed by atoms with Crippen LogP contribution >= 0.6 is 12.6 Å². The normalized spacial score (nSPS) is 12.1.